The molecule has 2 N–H and O–H groups in total. The number of halogens is 2. The summed E-state index contributed by atoms with van der Waals surface area (Å²) in [4.78, 5) is 1.39. The maximum atomic E-state index is 3.70. The molecule has 3 rings (SSSR count). The first-order chi connectivity index (χ1) is 12.8. The topological polar surface area (TPSA) is 24.1 Å². The Labute approximate surface area is 187 Å². The number of rotatable bonds is 10. The molecule has 0 amide bonds. The van der Waals surface area contributed by atoms with Crippen molar-refractivity contribution in [3.8, 4) is 0 Å². The Hall–Kier alpha value is -0.450. The third-order valence-corrected chi connectivity index (χ3v) is 6.53. The van der Waals surface area contributed by atoms with E-state index in [0.717, 1.165) is 25.7 Å². The molecule has 1 aliphatic rings. The van der Waals surface area contributed by atoms with Crippen molar-refractivity contribution in [3.05, 3.63) is 42.5 Å². The second-order valence-electron chi connectivity index (χ2n) is 7.62. The van der Waals surface area contributed by atoms with Gasteiger partial charge in [0.05, 0.1) is 0 Å². The zero-order chi connectivity index (χ0) is 18.0. The van der Waals surface area contributed by atoms with Crippen LogP contribution in [0.25, 0.3) is 10.8 Å². The van der Waals surface area contributed by atoms with E-state index in [-0.39, 0.29) is 24.8 Å². The molecule has 0 radical (unpaired) electrons. The molecule has 28 heavy (non-hydrogen) atoms. The van der Waals surface area contributed by atoms with E-state index >= 15 is 0 Å². The van der Waals surface area contributed by atoms with Crippen LogP contribution < -0.4 is 10.6 Å². The van der Waals surface area contributed by atoms with Crippen molar-refractivity contribution in [2.75, 3.05) is 19.6 Å². The first-order valence-corrected chi connectivity index (χ1v) is 11.3. The van der Waals surface area contributed by atoms with Crippen molar-refractivity contribution < 1.29 is 0 Å². The molecule has 2 aromatic rings. The predicted molar refractivity (Wildman–Crippen MR) is 131 cm³/mol. The van der Waals surface area contributed by atoms with E-state index in [9.17, 15) is 0 Å². The largest absolute Gasteiger partial charge is 0.315 e. The summed E-state index contributed by atoms with van der Waals surface area (Å²) in [6, 6.07) is 16.2. The highest BCUT2D eigenvalue weighted by Crippen LogP contribution is 2.28. The summed E-state index contributed by atoms with van der Waals surface area (Å²) in [7, 11) is 0. The average molecular weight is 444 g/mol. The first kappa shape index (κ1) is 25.6. The zero-order valence-corrected chi connectivity index (χ0v) is 19.4. The molecule has 5 heteroatoms. The van der Waals surface area contributed by atoms with Crippen molar-refractivity contribution in [1.29, 1.82) is 0 Å². The third-order valence-electron chi connectivity index (χ3n) is 5.36. The zero-order valence-electron chi connectivity index (χ0n) is 17.0. The summed E-state index contributed by atoms with van der Waals surface area (Å²) in [5.41, 5.74) is 0. The number of hydrogen-bond donors (Lipinski definition) is 2. The molecular weight excluding hydrogens is 407 g/mol. The second kappa shape index (κ2) is 14.5. The fourth-order valence-electron chi connectivity index (χ4n) is 3.84. The molecule has 1 aliphatic carbocycles. The van der Waals surface area contributed by atoms with E-state index < -0.39 is 0 Å². The van der Waals surface area contributed by atoms with Crippen LogP contribution in [0.1, 0.15) is 51.9 Å². The van der Waals surface area contributed by atoms with E-state index in [1.54, 1.807) is 0 Å². The molecule has 1 atom stereocenters. The van der Waals surface area contributed by atoms with Crippen molar-refractivity contribution in [2.45, 2.75) is 68.1 Å². The number of thioether (sulfide) groups is 1. The smallest absolute Gasteiger partial charge is 0.00810 e. The van der Waals surface area contributed by atoms with Gasteiger partial charge in [0.25, 0.3) is 0 Å². The van der Waals surface area contributed by atoms with Gasteiger partial charge in [0.15, 0.2) is 0 Å². The fraction of sp³-hybridized carbons (Fsp3) is 0.565. The van der Waals surface area contributed by atoms with Crippen LogP contribution >= 0.6 is 36.6 Å². The van der Waals surface area contributed by atoms with Crippen LogP contribution in [0, 0.1) is 0 Å². The van der Waals surface area contributed by atoms with Crippen molar-refractivity contribution in [1.82, 2.24) is 10.6 Å². The van der Waals surface area contributed by atoms with Gasteiger partial charge in [0, 0.05) is 29.3 Å². The lowest BCUT2D eigenvalue weighted by Gasteiger charge is -2.22. The van der Waals surface area contributed by atoms with Crippen LogP contribution in [0.2, 0.25) is 0 Å². The maximum absolute atomic E-state index is 3.70. The van der Waals surface area contributed by atoms with Gasteiger partial charge < -0.3 is 10.6 Å². The lowest BCUT2D eigenvalue weighted by molar-refractivity contribution is 0.372. The molecule has 0 aliphatic heterocycles. The van der Waals surface area contributed by atoms with Crippen LogP contribution in [0.3, 0.4) is 0 Å². The van der Waals surface area contributed by atoms with E-state index in [4.69, 9.17) is 0 Å². The Morgan fingerprint density at radius 3 is 2.46 bits per heavy atom. The minimum atomic E-state index is 0. The van der Waals surface area contributed by atoms with Gasteiger partial charge in [-0.05, 0) is 55.1 Å². The monoisotopic (exact) mass is 442 g/mol. The predicted octanol–water partition coefficient (Wildman–Crippen LogP) is 6.46. The van der Waals surface area contributed by atoms with Gasteiger partial charge in [-0.1, -0.05) is 56.5 Å². The Bertz CT molecular complexity index is 662. The Morgan fingerprint density at radius 1 is 0.929 bits per heavy atom. The van der Waals surface area contributed by atoms with Gasteiger partial charge in [-0.3, -0.25) is 0 Å². The minimum absolute atomic E-state index is 0. The van der Waals surface area contributed by atoms with Gasteiger partial charge in [-0.25, -0.2) is 0 Å². The molecular formula is C23H36Cl2N2S. The van der Waals surface area contributed by atoms with Gasteiger partial charge in [0.2, 0.25) is 0 Å². The molecule has 0 aromatic heterocycles. The van der Waals surface area contributed by atoms with E-state index in [2.05, 4.69) is 60.0 Å². The Balaban J connectivity index is 0.00000196. The molecule has 1 saturated carbocycles. The number of fused-ring (bicyclic) bond motifs is 1. The Kier molecular flexibility index (Phi) is 13.3. The number of hydrogen-bond acceptors (Lipinski definition) is 3. The SMILES string of the molecule is CC(CCCNCCNC1CCCCC1)Sc1ccc2ccccc2c1.Cl.Cl. The van der Waals surface area contributed by atoms with Gasteiger partial charge >= 0.3 is 0 Å². The van der Waals surface area contributed by atoms with Gasteiger partial charge in [0.1, 0.15) is 0 Å². The molecule has 1 fully saturated rings. The van der Waals surface area contributed by atoms with Crippen molar-refractivity contribution >= 4 is 47.3 Å². The minimum Gasteiger partial charge on any atom is -0.315 e. The molecule has 1 unspecified atom stereocenters. The third kappa shape index (κ3) is 8.92. The van der Waals surface area contributed by atoms with Crippen LogP contribution in [0.4, 0.5) is 0 Å². The quantitative estimate of drug-likeness (QED) is 0.326. The highest BCUT2D eigenvalue weighted by Gasteiger charge is 2.11. The number of nitrogens with one attached hydrogen (secondary N) is 2. The molecule has 0 saturated heterocycles. The molecule has 2 aromatic carbocycles. The Morgan fingerprint density at radius 2 is 1.68 bits per heavy atom. The molecule has 0 heterocycles. The lowest BCUT2D eigenvalue weighted by Crippen LogP contribution is -2.36. The van der Waals surface area contributed by atoms with E-state index in [0.29, 0.717) is 5.25 Å². The molecule has 0 spiro atoms. The normalized spacial score (nSPS) is 15.6. The highest BCUT2D eigenvalue weighted by atomic mass is 35.5. The van der Waals surface area contributed by atoms with E-state index in [1.165, 1.54) is 60.6 Å². The van der Waals surface area contributed by atoms with Crippen molar-refractivity contribution in [3.63, 3.8) is 0 Å². The van der Waals surface area contributed by atoms with Crippen LogP contribution in [0.15, 0.2) is 47.4 Å². The van der Waals surface area contributed by atoms with Gasteiger partial charge in [-0.2, -0.15) is 0 Å². The highest BCUT2D eigenvalue weighted by molar-refractivity contribution is 8.00. The maximum Gasteiger partial charge on any atom is 0.00810 e. The van der Waals surface area contributed by atoms with Crippen molar-refractivity contribution in [2.24, 2.45) is 0 Å². The van der Waals surface area contributed by atoms with Crippen LogP contribution in [0.5, 0.6) is 0 Å². The lowest BCUT2D eigenvalue weighted by atomic mass is 9.95. The number of benzene rings is 2. The standard InChI is InChI=1S/C23H34N2S.2ClH/c1-19(26-23-14-13-20-9-5-6-10-21(20)18-23)8-7-15-24-16-17-25-22-11-3-2-4-12-22;;/h5-6,9-10,13-14,18-19,22,24-25H,2-4,7-8,11-12,15-17H2,1H3;2*1H. The average Bonchev–Trinajstić information content (AvgIpc) is 2.68. The first-order valence-electron chi connectivity index (χ1n) is 10.4. The molecule has 0 bridgehead atoms. The summed E-state index contributed by atoms with van der Waals surface area (Å²) in [5.74, 6) is 0. The summed E-state index contributed by atoms with van der Waals surface area (Å²) >= 11 is 2.01. The second-order valence-corrected chi connectivity index (χ2v) is 9.13. The summed E-state index contributed by atoms with van der Waals surface area (Å²) in [5, 5.41) is 10.6. The fourth-order valence-corrected chi connectivity index (χ4v) is 4.93. The summed E-state index contributed by atoms with van der Waals surface area (Å²) in [6.07, 6.45) is 9.54. The summed E-state index contributed by atoms with van der Waals surface area (Å²) < 4.78 is 0. The van der Waals surface area contributed by atoms with Crippen LogP contribution in [-0.4, -0.2) is 30.9 Å². The summed E-state index contributed by atoms with van der Waals surface area (Å²) in [6.45, 7) is 5.70. The van der Waals surface area contributed by atoms with Crippen LogP contribution in [-0.2, 0) is 0 Å². The molecule has 2 nitrogen and oxygen atoms in total. The van der Waals surface area contributed by atoms with E-state index in [1.807, 2.05) is 11.8 Å². The molecule has 158 valence electrons. The van der Waals surface area contributed by atoms with Gasteiger partial charge in [-0.15, -0.1) is 36.6 Å².